The van der Waals surface area contributed by atoms with Gasteiger partial charge in [0, 0.05) is 12.8 Å². The molecule has 2 aromatic rings. The number of hydrogen-bond acceptors (Lipinski definition) is 5. The van der Waals surface area contributed by atoms with Crippen LogP contribution in [0, 0.1) is 5.82 Å². The Balaban J connectivity index is 1.97. The van der Waals surface area contributed by atoms with E-state index in [0.29, 0.717) is 11.5 Å². The lowest BCUT2D eigenvalue weighted by Gasteiger charge is -2.32. The summed E-state index contributed by atoms with van der Waals surface area (Å²) in [6.45, 7) is 0. The zero-order valence-electron chi connectivity index (χ0n) is 11.9. The number of hydrogen-bond donors (Lipinski definition) is 1. The van der Waals surface area contributed by atoms with Crippen molar-refractivity contribution in [3.63, 3.8) is 0 Å². The molecular formula is C15H18FN3O2. The van der Waals surface area contributed by atoms with E-state index in [1.807, 2.05) is 0 Å². The van der Waals surface area contributed by atoms with Crippen LogP contribution in [0.3, 0.4) is 0 Å². The minimum atomic E-state index is -0.517. The zero-order valence-corrected chi connectivity index (χ0v) is 11.9. The fourth-order valence-electron chi connectivity index (χ4n) is 2.87. The summed E-state index contributed by atoms with van der Waals surface area (Å²) in [7, 11) is 1.66. The Kier molecular flexibility index (Phi) is 3.63. The molecule has 112 valence electrons. The largest absolute Gasteiger partial charge is 0.399 e. The van der Waals surface area contributed by atoms with Crippen molar-refractivity contribution in [3.8, 4) is 11.5 Å². The average Bonchev–Trinajstić information content (AvgIpc) is 3.00. The van der Waals surface area contributed by atoms with Gasteiger partial charge in [-0.15, -0.1) is 0 Å². The summed E-state index contributed by atoms with van der Waals surface area (Å²) in [5.74, 6) is 0.188. The predicted molar refractivity (Wildman–Crippen MR) is 75.9 cm³/mol. The Morgan fingerprint density at radius 1 is 1.29 bits per heavy atom. The molecule has 5 nitrogen and oxygen atoms in total. The van der Waals surface area contributed by atoms with E-state index in [-0.39, 0.29) is 11.5 Å². The Morgan fingerprint density at radius 3 is 2.76 bits per heavy atom. The van der Waals surface area contributed by atoms with Crippen LogP contribution in [0.25, 0.3) is 11.5 Å². The van der Waals surface area contributed by atoms with Gasteiger partial charge in [-0.05, 0) is 31.0 Å². The van der Waals surface area contributed by atoms with Crippen molar-refractivity contribution in [1.29, 1.82) is 0 Å². The summed E-state index contributed by atoms with van der Waals surface area (Å²) in [4.78, 5) is 4.35. The van der Waals surface area contributed by atoms with Gasteiger partial charge in [-0.1, -0.05) is 24.4 Å². The molecule has 0 aliphatic heterocycles. The molecule has 1 aromatic heterocycles. The van der Waals surface area contributed by atoms with Gasteiger partial charge in [-0.2, -0.15) is 4.98 Å². The van der Waals surface area contributed by atoms with Crippen molar-refractivity contribution >= 4 is 5.69 Å². The number of halogens is 1. The number of nitrogens with two attached hydrogens (primary N) is 1. The summed E-state index contributed by atoms with van der Waals surface area (Å²) in [6.07, 6.45) is 5.00. The van der Waals surface area contributed by atoms with E-state index < -0.39 is 11.4 Å². The normalized spacial score (nSPS) is 17.8. The highest BCUT2D eigenvalue weighted by Gasteiger charge is 2.38. The van der Waals surface area contributed by atoms with Crippen LogP contribution in [-0.4, -0.2) is 17.3 Å². The lowest BCUT2D eigenvalue weighted by atomic mass is 9.84. The summed E-state index contributed by atoms with van der Waals surface area (Å²) >= 11 is 0. The molecule has 1 heterocycles. The molecule has 1 aliphatic rings. The molecule has 1 aromatic carbocycles. The second-order valence-corrected chi connectivity index (χ2v) is 5.42. The van der Waals surface area contributed by atoms with Crippen LogP contribution in [0.1, 0.15) is 37.9 Å². The fraction of sp³-hybridized carbons (Fsp3) is 0.467. The molecule has 0 atom stereocenters. The number of rotatable bonds is 3. The van der Waals surface area contributed by atoms with Crippen molar-refractivity contribution in [2.45, 2.75) is 37.7 Å². The zero-order chi connectivity index (χ0) is 14.9. The Bertz CT molecular complexity index is 636. The molecule has 6 heteroatoms. The van der Waals surface area contributed by atoms with Gasteiger partial charge in [-0.25, -0.2) is 4.39 Å². The molecule has 0 unspecified atom stereocenters. The van der Waals surface area contributed by atoms with Crippen LogP contribution in [0.4, 0.5) is 10.1 Å². The first-order valence-corrected chi connectivity index (χ1v) is 7.09. The number of aromatic nitrogens is 2. The highest BCUT2D eigenvalue weighted by Crippen LogP contribution is 2.39. The van der Waals surface area contributed by atoms with Crippen LogP contribution in [-0.2, 0) is 10.3 Å². The lowest BCUT2D eigenvalue weighted by Crippen LogP contribution is -2.32. The summed E-state index contributed by atoms with van der Waals surface area (Å²) < 4.78 is 24.8. The van der Waals surface area contributed by atoms with Crippen LogP contribution in [0.5, 0.6) is 0 Å². The first-order chi connectivity index (χ1) is 10.1. The van der Waals surface area contributed by atoms with Crippen LogP contribution in [0.2, 0.25) is 0 Å². The molecule has 1 fully saturated rings. The first kappa shape index (κ1) is 14.0. The molecule has 1 aliphatic carbocycles. The van der Waals surface area contributed by atoms with E-state index in [1.165, 1.54) is 24.6 Å². The predicted octanol–water partition coefficient (Wildman–Crippen LogP) is 3.26. The monoisotopic (exact) mass is 291 g/mol. The van der Waals surface area contributed by atoms with Crippen LogP contribution >= 0.6 is 0 Å². The average molecular weight is 291 g/mol. The first-order valence-electron chi connectivity index (χ1n) is 7.09. The minimum Gasteiger partial charge on any atom is -0.399 e. The van der Waals surface area contributed by atoms with Gasteiger partial charge in [0.1, 0.15) is 11.4 Å². The van der Waals surface area contributed by atoms with Gasteiger partial charge < -0.3 is 15.0 Å². The maximum absolute atomic E-state index is 13.9. The molecule has 1 saturated carbocycles. The SMILES string of the molecule is COC1(c2noc(-c3cc(N)ccc3F)n2)CCCCC1. The summed E-state index contributed by atoms with van der Waals surface area (Å²) in [5, 5.41) is 4.01. The van der Waals surface area contributed by atoms with Gasteiger partial charge >= 0.3 is 0 Å². The Labute approximate surface area is 122 Å². The highest BCUT2D eigenvalue weighted by atomic mass is 19.1. The van der Waals surface area contributed by atoms with E-state index in [4.69, 9.17) is 15.0 Å². The fourth-order valence-corrected chi connectivity index (χ4v) is 2.87. The quantitative estimate of drug-likeness (QED) is 0.878. The van der Waals surface area contributed by atoms with E-state index in [0.717, 1.165) is 25.7 Å². The molecule has 0 bridgehead atoms. The molecule has 0 spiro atoms. The van der Waals surface area contributed by atoms with Crippen molar-refractivity contribution in [2.75, 3.05) is 12.8 Å². The smallest absolute Gasteiger partial charge is 0.261 e. The Hall–Kier alpha value is -1.95. The van der Waals surface area contributed by atoms with Crippen molar-refractivity contribution in [1.82, 2.24) is 10.1 Å². The van der Waals surface area contributed by atoms with Crippen LogP contribution in [0.15, 0.2) is 22.7 Å². The number of benzene rings is 1. The third kappa shape index (κ3) is 2.51. The van der Waals surface area contributed by atoms with Gasteiger partial charge in [-0.3, -0.25) is 0 Å². The summed E-state index contributed by atoms with van der Waals surface area (Å²) in [6, 6.07) is 4.28. The van der Waals surface area contributed by atoms with E-state index >= 15 is 0 Å². The maximum atomic E-state index is 13.9. The number of ether oxygens (including phenoxy) is 1. The molecule has 3 rings (SSSR count). The summed E-state index contributed by atoms with van der Waals surface area (Å²) in [5.41, 5.74) is 5.84. The van der Waals surface area contributed by atoms with Crippen molar-refractivity contribution in [3.05, 3.63) is 29.8 Å². The lowest BCUT2D eigenvalue weighted by molar-refractivity contribution is -0.0527. The third-order valence-corrected chi connectivity index (χ3v) is 4.11. The van der Waals surface area contributed by atoms with Gasteiger partial charge in [0.05, 0.1) is 5.56 Å². The number of anilines is 1. The molecule has 0 amide bonds. The molecule has 21 heavy (non-hydrogen) atoms. The van der Waals surface area contributed by atoms with Gasteiger partial charge in [0.25, 0.3) is 5.89 Å². The highest BCUT2D eigenvalue weighted by molar-refractivity contribution is 5.60. The van der Waals surface area contributed by atoms with Crippen molar-refractivity contribution < 1.29 is 13.7 Å². The topological polar surface area (TPSA) is 74.2 Å². The van der Waals surface area contributed by atoms with E-state index in [9.17, 15) is 4.39 Å². The molecule has 2 N–H and O–H groups in total. The number of methoxy groups -OCH3 is 1. The van der Waals surface area contributed by atoms with Gasteiger partial charge in [0.2, 0.25) is 5.82 Å². The standard InChI is InChI=1S/C15H18FN3O2/c1-20-15(7-3-2-4-8-15)14-18-13(21-19-14)11-9-10(17)5-6-12(11)16/h5-6,9H,2-4,7-8,17H2,1H3. The van der Waals surface area contributed by atoms with Gasteiger partial charge in [0.15, 0.2) is 0 Å². The third-order valence-electron chi connectivity index (χ3n) is 4.11. The minimum absolute atomic E-state index is 0.136. The number of nitrogens with zero attached hydrogens (tertiary/aromatic N) is 2. The Morgan fingerprint density at radius 2 is 2.05 bits per heavy atom. The van der Waals surface area contributed by atoms with E-state index in [1.54, 1.807) is 7.11 Å². The maximum Gasteiger partial charge on any atom is 0.261 e. The molecule has 0 saturated heterocycles. The van der Waals surface area contributed by atoms with Crippen molar-refractivity contribution in [2.24, 2.45) is 0 Å². The number of nitrogen functional groups attached to an aromatic ring is 1. The van der Waals surface area contributed by atoms with Crippen LogP contribution < -0.4 is 5.73 Å². The molecule has 0 radical (unpaired) electrons. The van der Waals surface area contributed by atoms with E-state index in [2.05, 4.69) is 10.1 Å². The second kappa shape index (κ2) is 5.44. The second-order valence-electron chi connectivity index (χ2n) is 5.42. The molecular weight excluding hydrogens is 273 g/mol.